The van der Waals surface area contributed by atoms with E-state index in [-0.39, 0.29) is 11.5 Å². The Labute approximate surface area is 195 Å². The Morgan fingerprint density at radius 1 is 1.12 bits per heavy atom. The van der Waals surface area contributed by atoms with Gasteiger partial charge < -0.3 is 9.88 Å². The molecule has 0 bridgehead atoms. The summed E-state index contributed by atoms with van der Waals surface area (Å²) < 4.78 is 0. The predicted octanol–water partition coefficient (Wildman–Crippen LogP) is 3.87. The monoisotopic (exact) mass is 468 g/mol. The van der Waals surface area contributed by atoms with Crippen LogP contribution in [0.25, 0.3) is 16.3 Å². The van der Waals surface area contributed by atoms with Gasteiger partial charge in [-0.1, -0.05) is 23.7 Å². The smallest absolute Gasteiger partial charge is 0.259 e. The lowest BCUT2D eigenvalue weighted by molar-refractivity contribution is -0.127. The van der Waals surface area contributed by atoms with Gasteiger partial charge in [-0.3, -0.25) is 14.5 Å². The number of aromatic amines is 1. The van der Waals surface area contributed by atoms with Gasteiger partial charge in [-0.2, -0.15) is 0 Å². The van der Waals surface area contributed by atoms with Gasteiger partial charge >= 0.3 is 0 Å². The van der Waals surface area contributed by atoms with Crippen LogP contribution in [-0.4, -0.2) is 51.9 Å². The normalized spacial score (nSPS) is 17.2. The lowest BCUT2D eigenvalue weighted by Gasteiger charge is -2.33. The summed E-state index contributed by atoms with van der Waals surface area (Å²) >= 11 is 7.58. The largest absolute Gasteiger partial charge is 0.337 e. The molecular formula is C24H25ClN4O2S. The first kappa shape index (κ1) is 21.4. The standard InChI is InChI=1S/C24H25ClN4O2S/c25-17-8-5-16(6-9-17)7-10-21(30)29-13-11-28(12-14-29)15-20-26-23(31)22-18-3-1-2-4-19(18)32-24(22)27-20/h5-10H,1-4,11-15H2,(H,26,27,31)/b10-7+. The van der Waals surface area contributed by atoms with Crippen LogP contribution in [0, 0.1) is 0 Å². The highest BCUT2D eigenvalue weighted by molar-refractivity contribution is 7.18. The fourth-order valence-corrected chi connectivity index (χ4v) is 5.88. The lowest BCUT2D eigenvalue weighted by atomic mass is 9.97. The Kier molecular flexibility index (Phi) is 6.13. The molecule has 8 heteroatoms. The summed E-state index contributed by atoms with van der Waals surface area (Å²) in [4.78, 5) is 39.4. The van der Waals surface area contributed by atoms with Crippen molar-refractivity contribution in [2.24, 2.45) is 0 Å². The number of amides is 1. The van der Waals surface area contributed by atoms with E-state index in [1.54, 1.807) is 17.4 Å². The van der Waals surface area contributed by atoms with Gasteiger partial charge in [0.05, 0.1) is 11.9 Å². The van der Waals surface area contributed by atoms with Gasteiger partial charge in [-0.15, -0.1) is 11.3 Å². The Hall–Kier alpha value is -2.48. The van der Waals surface area contributed by atoms with Crippen LogP contribution in [0.4, 0.5) is 0 Å². The highest BCUT2D eigenvalue weighted by Crippen LogP contribution is 2.33. The molecule has 3 heterocycles. The lowest BCUT2D eigenvalue weighted by Crippen LogP contribution is -2.48. The molecule has 3 aromatic rings. The number of aryl methyl sites for hydroxylation is 2. The number of H-pyrrole nitrogens is 1. The molecule has 2 aromatic heterocycles. The first-order chi connectivity index (χ1) is 15.6. The third-order valence-electron chi connectivity index (χ3n) is 6.22. The third-order valence-corrected chi connectivity index (χ3v) is 7.66. The van der Waals surface area contributed by atoms with Gasteiger partial charge in [0, 0.05) is 42.2 Å². The Bertz CT molecular complexity index is 1220. The number of thiophene rings is 1. The zero-order valence-electron chi connectivity index (χ0n) is 17.8. The van der Waals surface area contributed by atoms with Crippen LogP contribution in [0.3, 0.4) is 0 Å². The van der Waals surface area contributed by atoms with Crippen molar-refractivity contribution >= 4 is 45.1 Å². The van der Waals surface area contributed by atoms with Crippen LogP contribution < -0.4 is 5.56 Å². The summed E-state index contributed by atoms with van der Waals surface area (Å²) in [6.07, 6.45) is 7.83. The number of hydrogen-bond donors (Lipinski definition) is 1. The van der Waals surface area contributed by atoms with Crippen LogP contribution in [0.1, 0.15) is 34.7 Å². The van der Waals surface area contributed by atoms with E-state index >= 15 is 0 Å². The summed E-state index contributed by atoms with van der Waals surface area (Å²) in [7, 11) is 0. The summed E-state index contributed by atoms with van der Waals surface area (Å²) in [5.41, 5.74) is 2.16. The highest BCUT2D eigenvalue weighted by atomic mass is 35.5. The van der Waals surface area contributed by atoms with Crippen molar-refractivity contribution in [1.29, 1.82) is 0 Å². The molecule has 6 nitrogen and oxygen atoms in total. The van der Waals surface area contributed by atoms with Crippen LogP contribution in [0.2, 0.25) is 5.02 Å². The highest BCUT2D eigenvalue weighted by Gasteiger charge is 2.22. The van der Waals surface area contributed by atoms with E-state index in [4.69, 9.17) is 16.6 Å². The number of nitrogens with one attached hydrogen (secondary N) is 1. The minimum absolute atomic E-state index is 0.00875. The summed E-state index contributed by atoms with van der Waals surface area (Å²) in [5, 5.41) is 1.48. The zero-order chi connectivity index (χ0) is 22.1. The molecule has 0 unspecified atom stereocenters. The molecule has 1 amide bonds. The van der Waals surface area contributed by atoms with Gasteiger partial charge in [0.25, 0.3) is 5.56 Å². The molecule has 1 saturated heterocycles. The van der Waals surface area contributed by atoms with E-state index in [9.17, 15) is 9.59 Å². The molecule has 5 rings (SSSR count). The number of fused-ring (bicyclic) bond motifs is 3. The minimum Gasteiger partial charge on any atom is -0.337 e. The summed E-state index contributed by atoms with van der Waals surface area (Å²) in [6, 6.07) is 7.40. The fraction of sp³-hybridized carbons (Fsp3) is 0.375. The molecule has 32 heavy (non-hydrogen) atoms. The summed E-state index contributed by atoms with van der Waals surface area (Å²) in [6.45, 7) is 3.41. The number of rotatable bonds is 4. The van der Waals surface area contributed by atoms with Gasteiger partial charge in [-0.05, 0) is 55.0 Å². The minimum atomic E-state index is -0.00875. The third kappa shape index (κ3) is 4.51. The van der Waals surface area contributed by atoms with Crippen molar-refractivity contribution in [3.05, 3.63) is 67.5 Å². The van der Waals surface area contributed by atoms with Crippen LogP contribution in [0.15, 0.2) is 35.1 Å². The Morgan fingerprint density at radius 2 is 1.88 bits per heavy atom. The van der Waals surface area contributed by atoms with Crippen molar-refractivity contribution in [2.75, 3.05) is 26.2 Å². The van der Waals surface area contributed by atoms with Crippen molar-refractivity contribution in [2.45, 2.75) is 32.2 Å². The van der Waals surface area contributed by atoms with Crippen molar-refractivity contribution in [3.8, 4) is 0 Å². The topological polar surface area (TPSA) is 69.3 Å². The van der Waals surface area contributed by atoms with Crippen molar-refractivity contribution in [3.63, 3.8) is 0 Å². The predicted molar refractivity (Wildman–Crippen MR) is 129 cm³/mol. The number of piperazine rings is 1. The molecular weight excluding hydrogens is 444 g/mol. The molecule has 2 aliphatic rings. The number of hydrogen-bond acceptors (Lipinski definition) is 5. The maximum Gasteiger partial charge on any atom is 0.259 e. The van der Waals surface area contributed by atoms with E-state index in [1.165, 1.54) is 16.9 Å². The van der Waals surface area contributed by atoms with Gasteiger partial charge in [0.2, 0.25) is 5.91 Å². The second-order valence-corrected chi connectivity index (χ2v) is 9.91. The zero-order valence-corrected chi connectivity index (χ0v) is 19.3. The van der Waals surface area contributed by atoms with Gasteiger partial charge in [0.1, 0.15) is 10.7 Å². The molecule has 0 saturated carbocycles. The molecule has 1 aromatic carbocycles. The van der Waals surface area contributed by atoms with E-state index in [0.717, 1.165) is 48.1 Å². The van der Waals surface area contributed by atoms with Crippen molar-refractivity contribution < 1.29 is 4.79 Å². The van der Waals surface area contributed by atoms with Crippen LogP contribution in [-0.2, 0) is 24.2 Å². The maximum atomic E-state index is 12.7. The molecule has 0 radical (unpaired) electrons. The second-order valence-electron chi connectivity index (χ2n) is 8.39. The fourth-order valence-electron chi connectivity index (χ4n) is 4.47. The first-order valence-electron chi connectivity index (χ1n) is 11.1. The van der Waals surface area contributed by atoms with Gasteiger partial charge in [0.15, 0.2) is 0 Å². The van der Waals surface area contributed by atoms with Crippen LogP contribution >= 0.6 is 22.9 Å². The number of carbonyl (C=O) groups excluding carboxylic acids is 1. The molecule has 0 atom stereocenters. The van der Waals surface area contributed by atoms with E-state index < -0.39 is 0 Å². The SMILES string of the molecule is O=C(/C=C/c1ccc(Cl)cc1)N1CCN(Cc2nc3sc4c(c3c(=O)[nH]2)CCCC4)CC1. The van der Waals surface area contributed by atoms with Crippen LogP contribution in [0.5, 0.6) is 0 Å². The Balaban J connectivity index is 1.20. The number of aromatic nitrogens is 2. The average molecular weight is 469 g/mol. The van der Waals surface area contributed by atoms with E-state index in [0.29, 0.717) is 30.5 Å². The van der Waals surface area contributed by atoms with Crippen molar-refractivity contribution in [1.82, 2.24) is 19.8 Å². The Morgan fingerprint density at radius 3 is 2.66 bits per heavy atom. The van der Waals surface area contributed by atoms with E-state index in [2.05, 4.69) is 9.88 Å². The van der Waals surface area contributed by atoms with E-state index in [1.807, 2.05) is 35.2 Å². The quantitative estimate of drug-likeness (QED) is 0.590. The number of carbonyl (C=O) groups is 1. The molecule has 1 aliphatic carbocycles. The number of benzene rings is 1. The second kappa shape index (κ2) is 9.17. The average Bonchev–Trinajstić information content (AvgIpc) is 3.18. The molecule has 0 spiro atoms. The molecule has 1 N–H and O–H groups in total. The molecule has 1 fully saturated rings. The molecule has 1 aliphatic heterocycles. The molecule has 166 valence electrons. The number of halogens is 1. The van der Waals surface area contributed by atoms with Gasteiger partial charge in [-0.25, -0.2) is 4.98 Å². The summed E-state index contributed by atoms with van der Waals surface area (Å²) in [5.74, 6) is 0.722. The maximum absolute atomic E-state index is 12.7. The first-order valence-corrected chi connectivity index (χ1v) is 12.2. The number of nitrogens with zero attached hydrogens (tertiary/aromatic N) is 3.